The van der Waals surface area contributed by atoms with Crippen LogP contribution in [0.3, 0.4) is 0 Å². The van der Waals surface area contributed by atoms with Crippen LogP contribution in [-0.2, 0) is 19.2 Å². The molecular weight excluding hydrogens is 286 g/mol. The number of fused-ring (bicyclic) bond motifs is 1. The zero-order valence-corrected chi connectivity index (χ0v) is 11.3. The molecule has 8 nitrogen and oxygen atoms in total. The van der Waals surface area contributed by atoms with E-state index in [0.29, 0.717) is 17.7 Å². The molecule has 3 aliphatic rings. The summed E-state index contributed by atoms with van der Waals surface area (Å²) in [6.45, 7) is 0.116. The molecule has 0 spiro atoms. The summed E-state index contributed by atoms with van der Waals surface area (Å²) in [5, 5.41) is 10.3. The van der Waals surface area contributed by atoms with E-state index < -0.39 is 12.0 Å². The Kier molecular flexibility index (Phi) is 3.19. The molecule has 2 fully saturated rings. The van der Waals surface area contributed by atoms with Crippen molar-refractivity contribution in [3.05, 3.63) is 11.3 Å². The van der Waals surface area contributed by atoms with Gasteiger partial charge >= 0.3 is 5.97 Å². The Hall–Kier alpha value is -1.58. The van der Waals surface area contributed by atoms with Crippen LogP contribution in [-0.4, -0.2) is 63.2 Å². The van der Waals surface area contributed by atoms with Gasteiger partial charge in [0.25, 0.3) is 5.91 Å². The summed E-state index contributed by atoms with van der Waals surface area (Å²) in [5.74, 6) is -1.28. The lowest BCUT2D eigenvalue weighted by molar-refractivity contribution is -0.159. The van der Waals surface area contributed by atoms with Crippen LogP contribution in [0.1, 0.15) is 6.42 Å². The van der Waals surface area contributed by atoms with E-state index in [4.69, 9.17) is 10.6 Å². The molecule has 3 aliphatic heterocycles. The number of thioether (sulfide) groups is 1. The largest absolute Gasteiger partial charge is 0.477 e. The summed E-state index contributed by atoms with van der Waals surface area (Å²) in [7, 11) is 0. The van der Waals surface area contributed by atoms with Gasteiger partial charge in [0.2, 0.25) is 5.91 Å². The molecule has 9 heteroatoms. The molecular formula is C11H13N3O5S. The average Bonchev–Trinajstić information content (AvgIpc) is 2.70. The SMILES string of the molecule is NC1CON(CC2=C(C(=O)O)N3C(=O)CC3SC2)C1=O. The maximum Gasteiger partial charge on any atom is 0.352 e. The molecule has 3 N–H and O–H groups in total. The fourth-order valence-electron chi connectivity index (χ4n) is 2.39. The van der Waals surface area contributed by atoms with Crippen molar-refractivity contribution in [2.45, 2.75) is 17.8 Å². The molecule has 0 aromatic rings. The van der Waals surface area contributed by atoms with Crippen molar-refractivity contribution in [2.24, 2.45) is 5.73 Å². The third kappa shape index (κ3) is 1.98. The van der Waals surface area contributed by atoms with Crippen molar-refractivity contribution in [3.63, 3.8) is 0 Å². The van der Waals surface area contributed by atoms with Gasteiger partial charge in [-0.2, -0.15) is 0 Å². The minimum absolute atomic E-state index is 0.0255. The lowest BCUT2D eigenvalue weighted by Gasteiger charge is -2.44. The number of β-lactam (4-membered cyclic amide) rings is 1. The Labute approximate surface area is 118 Å². The van der Waals surface area contributed by atoms with Gasteiger partial charge in [-0.3, -0.25) is 19.3 Å². The van der Waals surface area contributed by atoms with Crippen molar-refractivity contribution >= 4 is 29.5 Å². The highest BCUT2D eigenvalue weighted by molar-refractivity contribution is 8.00. The summed E-state index contributed by atoms with van der Waals surface area (Å²) in [4.78, 5) is 41.1. The van der Waals surface area contributed by atoms with Gasteiger partial charge in [0.05, 0.1) is 24.9 Å². The molecule has 0 aromatic heterocycles. The first-order valence-corrected chi connectivity index (χ1v) is 7.12. The van der Waals surface area contributed by atoms with E-state index in [1.54, 1.807) is 0 Å². The summed E-state index contributed by atoms with van der Waals surface area (Å²) in [5.41, 5.74) is 6.00. The molecule has 0 aromatic carbocycles. The second-order valence-corrected chi connectivity index (χ2v) is 5.93. The standard InChI is InChI=1S/C11H13N3O5S/c12-6-3-19-13(10(6)16)2-5-4-20-8-1-7(15)14(8)9(5)11(17)18/h6,8H,1-4,12H2,(H,17,18). The maximum atomic E-state index is 11.7. The number of hydrogen-bond acceptors (Lipinski definition) is 6. The van der Waals surface area contributed by atoms with Gasteiger partial charge in [0.1, 0.15) is 11.7 Å². The van der Waals surface area contributed by atoms with Crippen LogP contribution in [0.4, 0.5) is 0 Å². The van der Waals surface area contributed by atoms with Crippen LogP contribution in [0.25, 0.3) is 0 Å². The molecule has 2 atom stereocenters. The normalized spacial score (nSPS) is 29.6. The van der Waals surface area contributed by atoms with Crippen molar-refractivity contribution in [3.8, 4) is 0 Å². The minimum Gasteiger partial charge on any atom is -0.477 e. The van der Waals surface area contributed by atoms with E-state index in [2.05, 4.69) is 0 Å². The van der Waals surface area contributed by atoms with Gasteiger partial charge in [0, 0.05) is 5.75 Å². The molecule has 0 radical (unpaired) electrons. The summed E-state index contributed by atoms with van der Waals surface area (Å²) >= 11 is 1.49. The Morgan fingerprint density at radius 2 is 2.25 bits per heavy atom. The lowest BCUT2D eigenvalue weighted by atomic mass is 10.1. The lowest BCUT2D eigenvalue weighted by Crippen LogP contribution is -2.54. The second kappa shape index (κ2) is 4.76. The minimum atomic E-state index is -1.16. The molecule has 2 unspecified atom stereocenters. The van der Waals surface area contributed by atoms with E-state index >= 15 is 0 Å². The highest BCUT2D eigenvalue weighted by Gasteiger charge is 2.46. The fraction of sp³-hybridized carbons (Fsp3) is 0.545. The van der Waals surface area contributed by atoms with Crippen molar-refractivity contribution < 1.29 is 24.3 Å². The second-order valence-electron chi connectivity index (χ2n) is 4.77. The van der Waals surface area contributed by atoms with E-state index in [0.717, 1.165) is 5.06 Å². The smallest absolute Gasteiger partial charge is 0.352 e. The van der Waals surface area contributed by atoms with Crippen LogP contribution in [0, 0.1) is 0 Å². The van der Waals surface area contributed by atoms with Gasteiger partial charge in [-0.25, -0.2) is 9.86 Å². The number of carboxylic acid groups (broad SMARTS) is 1. The van der Waals surface area contributed by atoms with Gasteiger partial charge in [-0.05, 0) is 5.57 Å². The number of nitrogens with two attached hydrogens (primary N) is 1. The van der Waals surface area contributed by atoms with E-state index in [9.17, 15) is 19.5 Å². The van der Waals surface area contributed by atoms with Gasteiger partial charge in [-0.15, -0.1) is 11.8 Å². The highest BCUT2D eigenvalue weighted by atomic mass is 32.2. The van der Waals surface area contributed by atoms with Gasteiger partial charge in [-0.1, -0.05) is 0 Å². The Bertz CT molecular complexity index is 534. The Morgan fingerprint density at radius 1 is 1.50 bits per heavy atom. The Morgan fingerprint density at radius 3 is 2.80 bits per heavy atom. The van der Waals surface area contributed by atoms with Gasteiger partial charge < -0.3 is 10.8 Å². The number of aliphatic carboxylic acids is 1. The van der Waals surface area contributed by atoms with Crippen molar-refractivity contribution in [2.75, 3.05) is 18.9 Å². The van der Waals surface area contributed by atoms with E-state index in [1.807, 2.05) is 0 Å². The van der Waals surface area contributed by atoms with Crippen molar-refractivity contribution in [1.82, 2.24) is 9.96 Å². The van der Waals surface area contributed by atoms with E-state index in [1.165, 1.54) is 16.7 Å². The summed E-state index contributed by atoms with van der Waals surface area (Å²) < 4.78 is 0. The topological polar surface area (TPSA) is 113 Å². The highest BCUT2D eigenvalue weighted by Crippen LogP contribution is 2.40. The van der Waals surface area contributed by atoms with Crippen LogP contribution < -0.4 is 5.73 Å². The molecule has 2 amide bonds. The third-order valence-electron chi connectivity index (χ3n) is 3.44. The molecule has 3 heterocycles. The first-order valence-electron chi connectivity index (χ1n) is 6.08. The molecule has 20 heavy (non-hydrogen) atoms. The molecule has 3 rings (SSSR count). The van der Waals surface area contributed by atoms with Crippen LogP contribution >= 0.6 is 11.8 Å². The summed E-state index contributed by atoms with van der Waals surface area (Å²) in [6.07, 6.45) is 0.360. The summed E-state index contributed by atoms with van der Waals surface area (Å²) in [6, 6.07) is -0.710. The van der Waals surface area contributed by atoms with E-state index in [-0.39, 0.29) is 36.0 Å². The monoisotopic (exact) mass is 299 g/mol. The van der Waals surface area contributed by atoms with Crippen LogP contribution in [0.2, 0.25) is 0 Å². The molecule has 0 bridgehead atoms. The number of hydrogen-bond donors (Lipinski definition) is 2. The molecule has 108 valence electrons. The zero-order valence-electron chi connectivity index (χ0n) is 10.4. The Balaban J connectivity index is 1.85. The van der Waals surface area contributed by atoms with Gasteiger partial charge in [0.15, 0.2) is 0 Å². The number of nitrogens with zero attached hydrogens (tertiary/aromatic N) is 2. The predicted molar refractivity (Wildman–Crippen MR) is 68.0 cm³/mol. The number of amides is 2. The molecule has 0 saturated carbocycles. The third-order valence-corrected chi connectivity index (χ3v) is 4.72. The quantitative estimate of drug-likeness (QED) is 0.625. The average molecular weight is 299 g/mol. The number of carboxylic acids is 1. The first-order chi connectivity index (χ1) is 9.49. The number of carbonyl (C=O) groups is 3. The number of hydroxylamine groups is 2. The fourth-order valence-corrected chi connectivity index (χ4v) is 3.64. The van der Waals surface area contributed by atoms with Crippen LogP contribution in [0.15, 0.2) is 11.3 Å². The number of rotatable bonds is 3. The van der Waals surface area contributed by atoms with Crippen molar-refractivity contribution in [1.29, 1.82) is 0 Å². The first kappa shape index (κ1) is 13.4. The maximum absolute atomic E-state index is 11.7. The molecule has 0 aliphatic carbocycles. The molecule has 2 saturated heterocycles. The number of carbonyl (C=O) groups excluding carboxylic acids is 2. The van der Waals surface area contributed by atoms with Crippen LogP contribution in [0.5, 0.6) is 0 Å². The zero-order chi connectivity index (χ0) is 14.4. The predicted octanol–water partition coefficient (Wildman–Crippen LogP) is -1.27.